The molecule has 0 atom stereocenters. The van der Waals surface area contributed by atoms with Crippen LogP contribution in [0, 0.1) is 5.41 Å². The molecule has 106 valence electrons. The lowest BCUT2D eigenvalue weighted by molar-refractivity contribution is -0.124. The van der Waals surface area contributed by atoms with Crippen molar-refractivity contribution in [1.29, 1.82) is 0 Å². The molecule has 3 N–H and O–H groups in total. The van der Waals surface area contributed by atoms with E-state index < -0.39 is 5.41 Å². The van der Waals surface area contributed by atoms with Crippen molar-refractivity contribution in [2.75, 3.05) is 32.0 Å². The molecule has 1 aromatic carbocycles. The van der Waals surface area contributed by atoms with Gasteiger partial charge < -0.3 is 16.0 Å². The number of anilines is 1. The van der Waals surface area contributed by atoms with Crippen molar-refractivity contribution < 1.29 is 4.79 Å². The minimum atomic E-state index is -0.431. The van der Waals surface area contributed by atoms with Gasteiger partial charge in [-0.25, -0.2) is 0 Å². The highest BCUT2D eigenvalue weighted by Crippen LogP contribution is 2.19. The molecule has 0 fully saturated rings. The van der Waals surface area contributed by atoms with Crippen molar-refractivity contribution in [2.24, 2.45) is 11.1 Å². The molecule has 0 heterocycles. The summed E-state index contributed by atoms with van der Waals surface area (Å²) < 4.78 is 0. The van der Waals surface area contributed by atoms with E-state index in [9.17, 15) is 4.79 Å². The van der Waals surface area contributed by atoms with E-state index in [1.807, 2.05) is 51.2 Å². The first-order valence-electron chi connectivity index (χ1n) is 6.71. The summed E-state index contributed by atoms with van der Waals surface area (Å²) in [6.07, 6.45) is 0.951. The average molecular weight is 263 g/mol. The molecule has 0 aliphatic rings. The molecule has 0 aliphatic carbocycles. The standard InChI is InChI=1S/C15H25N3O/c1-15(2,12-18(3)11-7-10-16)14(19)17-13-8-5-4-6-9-13/h4-6,8-9H,7,10-12,16H2,1-3H3,(H,17,19). The van der Waals surface area contributed by atoms with Crippen LogP contribution in [0.1, 0.15) is 20.3 Å². The largest absolute Gasteiger partial charge is 0.330 e. The van der Waals surface area contributed by atoms with E-state index in [0.29, 0.717) is 13.1 Å². The third-order valence-electron chi connectivity index (χ3n) is 3.06. The number of hydrogen-bond donors (Lipinski definition) is 2. The zero-order valence-electron chi connectivity index (χ0n) is 12.1. The highest BCUT2D eigenvalue weighted by Gasteiger charge is 2.28. The lowest BCUT2D eigenvalue weighted by Gasteiger charge is -2.29. The van der Waals surface area contributed by atoms with Crippen LogP contribution in [0.15, 0.2) is 30.3 Å². The van der Waals surface area contributed by atoms with Gasteiger partial charge in [0.25, 0.3) is 0 Å². The van der Waals surface area contributed by atoms with E-state index in [4.69, 9.17) is 5.73 Å². The number of hydrogen-bond acceptors (Lipinski definition) is 3. The predicted octanol–water partition coefficient (Wildman–Crippen LogP) is 1.93. The third-order valence-corrected chi connectivity index (χ3v) is 3.06. The summed E-state index contributed by atoms with van der Waals surface area (Å²) in [5.41, 5.74) is 5.90. The summed E-state index contributed by atoms with van der Waals surface area (Å²) in [5, 5.41) is 2.95. The maximum atomic E-state index is 12.3. The first-order chi connectivity index (χ1) is 8.95. The van der Waals surface area contributed by atoms with E-state index in [1.54, 1.807) is 0 Å². The molecule has 1 amide bonds. The van der Waals surface area contributed by atoms with Gasteiger partial charge in [-0.2, -0.15) is 0 Å². The fraction of sp³-hybridized carbons (Fsp3) is 0.533. The quantitative estimate of drug-likeness (QED) is 0.790. The fourth-order valence-corrected chi connectivity index (χ4v) is 2.01. The van der Waals surface area contributed by atoms with Crippen LogP contribution >= 0.6 is 0 Å². The van der Waals surface area contributed by atoms with Crippen molar-refractivity contribution in [3.8, 4) is 0 Å². The minimum Gasteiger partial charge on any atom is -0.330 e. The van der Waals surface area contributed by atoms with Crippen LogP contribution in [0.5, 0.6) is 0 Å². The summed E-state index contributed by atoms with van der Waals surface area (Å²) >= 11 is 0. The van der Waals surface area contributed by atoms with E-state index >= 15 is 0 Å². The molecule has 0 unspecified atom stereocenters. The SMILES string of the molecule is CN(CCCN)CC(C)(C)C(=O)Nc1ccccc1. The van der Waals surface area contributed by atoms with Crippen LogP contribution in [-0.4, -0.2) is 37.5 Å². The molecule has 0 spiro atoms. The molecule has 0 aliphatic heterocycles. The molecule has 1 aromatic rings. The van der Waals surface area contributed by atoms with Crippen molar-refractivity contribution in [2.45, 2.75) is 20.3 Å². The van der Waals surface area contributed by atoms with Gasteiger partial charge in [0.05, 0.1) is 5.41 Å². The van der Waals surface area contributed by atoms with E-state index in [-0.39, 0.29) is 5.91 Å². The Morgan fingerprint density at radius 3 is 2.53 bits per heavy atom. The summed E-state index contributed by atoms with van der Waals surface area (Å²) in [6.45, 7) is 6.24. The van der Waals surface area contributed by atoms with Gasteiger partial charge in [-0.1, -0.05) is 18.2 Å². The van der Waals surface area contributed by atoms with Gasteiger partial charge in [0.15, 0.2) is 0 Å². The van der Waals surface area contributed by atoms with Crippen LogP contribution in [0.2, 0.25) is 0 Å². The van der Waals surface area contributed by atoms with Crippen LogP contribution in [0.3, 0.4) is 0 Å². The second-order valence-electron chi connectivity index (χ2n) is 5.58. The number of benzene rings is 1. The second kappa shape index (κ2) is 7.26. The topological polar surface area (TPSA) is 58.4 Å². The summed E-state index contributed by atoms with van der Waals surface area (Å²) in [7, 11) is 2.02. The Bertz CT molecular complexity index is 390. The highest BCUT2D eigenvalue weighted by molar-refractivity contribution is 5.94. The van der Waals surface area contributed by atoms with Gasteiger partial charge >= 0.3 is 0 Å². The normalized spacial score (nSPS) is 11.6. The van der Waals surface area contributed by atoms with Gasteiger partial charge in [0.2, 0.25) is 5.91 Å². The second-order valence-corrected chi connectivity index (χ2v) is 5.58. The zero-order chi connectivity index (χ0) is 14.3. The minimum absolute atomic E-state index is 0.0401. The van der Waals surface area contributed by atoms with Crippen molar-refractivity contribution in [3.63, 3.8) is 0 Å². The molecular weight excluding hydrogens is 238 g/mol. The van der Waals surface area contributed by atoms with Crippen LogP contribution in [-0.2, 0) is 4.79 Å². The lowest BCUT2D eigenvalue weighted by Crippen LogP contribution is -2.41. The number of rotatable bonds is 7. The number of nitrogens with one attached hydrogen (secondary N) is 1. The van der Waals surface area contributed by atoms with Crippen LogP contribution < -0.4 is 11.1 Å². The highest BCUT2D eigenvalue weighted by atomic mass is 16.2. The molecule has 4 nitrogen and oxygen atoms in total. The zero-order valence-corrected chi connectivity index (χ0v) is 12.1. The number of nitrogens with zero attached hydrogens (tertiary/aromatic N) is 1. The van der Waals surface area contributed by atoms with Gasteiger partial charge in [0, 0.05) is 12.2 Å². The average Bonchev–Trinajstić information content (AvgIpc) is 2.37. The van der Waals surface area contributed by atoms with E-state index in [2.05, 4.69) is 10.2 Å². The molecule has 19 heavy (non-hydrogen) atoms. The van der Waals surface area contributed by atoms with Crippen LogP contribution in [0.25, 0.3) is 0 Å². The third kappa shape index (κ3) is 5.41. The lowest BCUT2D eigenvalue weighted by atomic mass is 9.91. The Kier molecular flexibility index (Phi) is 5.99. The summed E-state index contributed by atoms with van der Waals surface area (Å²) in [5.74, 6) is 0.0401. The molecule has 0 bridgehead atoms. The monoisotopic (exact) mass is 263 g/mol. The van der Waals surface area contributed by atoms with Crippen molar-refractivity contribution in [3.05, 3.63) is 30.3 Å². The van der Waals surface area contributed by atoms with Gasteiger partial charge in [0.1, 0.15) is 0 Å². The van der Waals surface area contributed by atoms with Gasteiger partial charge in [-0.05, 0) is 52.5 Å². The Morgan fingerprint density at radius 1 is 1.32 bits per heavy atom. The van der Waals surface area contributed by atoms with Crippen molar-refractivity contribution >= 4 is 11.6 Å². The van der Waals surface area contributed by atoms with Crippen molar-refractivity contribution in [1.82, 2.24) is 4.90 Å². The molecule has 4 heteroatoms. The number of carbonyl (C=O) groups is 1. The molecule has 0 saturated heterocycles. The Labute approximate surface area is 116 Å². The summed E-state index contributed by atoms with van der Waals surface area (Å²) in [4.78, 5) is 14.4. The Hall–Kier alpha value is -1.39. The van der Waals surface area contributed by atoms with Gasteiger partial charge in [-0.15, -0.1) is 0 Å². The fourth-order valence-electron chi connectivity index (χ4n) is 2.01. The molecule has 0 saturated carbocycles. The maximum Gasteiger partial charge on any atom is 0.231 e. The van der Waals surface area contributed by atoms with E-state index in [0.717, 1.165) is 18.7 Å². The maximum absolute atomic E-state index is 12.3. The summed E-state index contributed by atoms with van der Waals surface area (Å²) in [6, 6.07) is 9.55. The molecule has 0 radical (unpaired) electrons. The molecule has 1 rings (SSSR count). The number of para-hydroxylation sites is 1. The number of nitrogens with two attached hydrogens (primary N) is 1. The number of amides is 1. The Morgan fingerprint density at radius 2 is 1.95 bits per heavy atom. The van der Waals surface area contributed by atoms with Crippen LogP contribution in [0.4, 0.5) is 5.69 Å². The first-order valence-corrected chi connectivity index (χ1v) is 6.71. The molecular formula is C15H25N3O. The predicted molar refractivity (Wildman–Crippen MR) is 80.0 cm³/mol. The van der Waals surface area contributed by atoms with Gasteiger partial charge in [-0.3, -0.25) is 4.79 Å². The van der Waals surface area contributed by atoms with E-state index in [1.165, 1.54) is 0 Å². The Balaban J connectivity index is 2.54. The first kappa shape index (κ1) is 15.7. The molecule has 0 aromatic heterocycles. The smallest absolute Gasteiger partial charge is 0.231 e. The number of carbonyl (C=O) groups excluding carboxylic acids is 1.